The Morgan fingerprint density at radius 1 is 1.27 bits per heavy atom. The number of fused-ring (bicyclic) bond motifs is 1. The summed E-state index contributed by atoms with van der Waals surface area (Å²) in [7, 11) is 1.43. The number of ether oxygens (including phenoxy) is 1. The van der Waals surface area contributed by atoms with E-state index in [0.717, 1.165) is 36.2 Å². The van der Waals surface area contributed by atoms with Crippen LogP contribution in [0.15, 0.2) is 47.0 Å². The van der Waals surface area contributed by atoms with Crippen LogP contribution in [-0.2, 0) is 4.79 Å². The summed E-state index contributed by atoms with van der Waals surface area (Å²) >= 11 is 6.55. The number of carbonyl (C=O) groups is 1. The molecule has 170 valence electrons. The van der Waals surface area contributed by atoms with E-state index in [0.29, 0.717) is 16.3 Å². The fourth-order valence-corrected chi connectivity index (χ4v) is 4.71. The van der Waals surface area contributed by atoms with Crippen LogP contribution in [0.25, 0.3) is 22.5 Å². The maximum atomic E-state index is 12.6. The van der Waals surface area contributed by atoms with Crippen LogP contribution >= 0.6 is 11.6 Å². The first-order valence-electron chi connectivity index (χ1n) is 10.6. The molecule has 33 heavy (non-hydrogen) atoms. The fraction of sp³-hybridized carbons (Fsp3) is 0.250. The maximum Gasteiger partial charge on any atom is 0.260 e. The minimum atomic E-state index is -0.467. The molecule has 8 nitrogen and oxygen atoms in total. The zero-order valence-corrected chi connectivity index (χ0v) is 18.6. The van der Waals surface area contributed by atoms with Gasteiger partial charge in [-0.3, -0.25) is 4.79 Å². The Hall–Kier alpha value is -3.49. The van der Waals surface area contributed by atoms with Crippen molar-refractivity contribution in [1.82, 2.24) is 5.16 Å². The van der Waals surface area contributed by atoms with Crippen molar-refractivity contribution in [2.24, 2.45) is 0 Å². The normalized spacial score (nSPS) is 18.9. The summed E-state index contributed by atoms with van der Waals surface area (Å²) in [6.45, 7) is 1.05. The summed E-state index contributed by atoms with van der Waals surface area (Å²) in [5.74, 6) is -0.593. The van der Waals surface area contributed by atoms with Crippen molar-refractivity contribution in [3.63, 3.8) is 0 Å². The molecule has 1 amide bonds. The Labute approximate surface area is 195 Å². The Morgan fingerprint density at radius 2 is 2.06 bits per heavy atom. The Morgan fingerprint density at radius 3 is 2.76 bits per heavy atom. The summed E-state index contributed by atoms with van der Waals surface area (Å²) in [6.07, 6.45) is 2.03. The molecule has 3 N–H and O–H groups in total. The molecular formula is C24H22ClN3O5. The van der Waals surface area contributed by atoms with Crippen LogP contribution in [0.3, 0.4) is 0 Å². The predicted molar refractivity (Wildman–Crippen MR) is 125 cm³/mol. The van der Waals surface area contributed by atoms with Gasteiger partial charge in [0.1, 0.15) is 0 Å². The van der Waals surface area contributed by atoms with E-state index in [4.69, 9.17) is 20.9 Å². The molecule has 1 atom stereocenters. The van der Waals surface area contributed by atoms with E-state index in [1.807, 2.05) is 24.3 Å². The van der Waals surface area contributed by atoms with Crippen LogP contribution < -0.4 is 15.0 Å². The van der Waals surface area contributed by atoms with Gasteiger partial charge in [-0.1, -0.05) is 23.7 Å². The molecule has 1 fully saturated rings. The second-order valence-electron chi connectivity index (χ2n) is 8.01. The Kier molecular flexibility index (Phi) is 5.47. The quantitative estimate of drug-likeness (QED) is 0.378. The lowest BCUT2D eigenvalue weighted by Crippen LogP contribution is -2.31. The minimum Gasteiger partial charge on any atom is -0.504 e. The number of halogens is 1. The summed E-state index contributed by atoms with van der Waals surface area (Å²) in [5, 5.41) is 27.2. The van der Waals surface area contributed by atoms with Gasteiger partial charge in [-0.25, -0.2) is 0 Å². The number of nitrogens with one attached hydrogen (secondary N) is 1. The van der Waals surface area contributed by atoms with E-state index in [1.54, 1.807) is 12.1 Å². The highest BCUT2D eigenvalue weighted by atomic mass is 35.5. The largest absolute Gasteiger partial charge is 0.504 e. The van der Waals surface area contributed by atoms with Gasteiger partial charge < -0.3 is 29.7 Å². The average Bonchev–Trinajstić information content (AvgIpc) is 3.56. The molecule has 0 spiro atoms. The van der Waals surface area contributed by atoms with Crippen molar-refractivity contribution in [1.29, 1.82) is 0 Å². The molecule has 0 saturated carbocycles. The number of hydrogen-bond donors (Lipinski definition) is 3. The van der Waals surface area contributed by atoms with Gasteiger partial charge in [-0.2, -0.15) is 0 Å². The highest BCUT2D eigenvalue weighted by molar-refractivity contribution is 6.38. The third kappa shape index (κ3) is 3.71. The summed E-state index contributed by atoms with van der Waals surface area (Å²) in [4.78, 5) is 14.9. The van der Waals surface area contributed by atoms with Crippen molar-refractivity contribution >= 4 is 40.2 Å². The van der Waals surface area contributed by atoms with E-state index in [9.17, 15) is 15.0 Å². The number of aromatic nitrogens is 1. The molecular weight excluding hydrogens is 446 g/mol. The number of nitrogens with zero attached hydrogens (tertiary/aromatic N) is 2. The first-order chi connectivity index (χ1) is 16.0. The van der Waals surface area contributed by atoms with Gasteiger partial charge in [-0.05, 0) is 47.8 Å². The van der Waals surface area contributed by atoms with Gasteiger partial charge in [0.2, 0.25) is 5.76 Å². The van der Waals surface area contributed by atoms with Crippen LogP contribution in [-0.4, -0.2) is 47.6 Å². The SMILES string of the molecule is COc1cc(C(O)=C2C(=O)Nc3cc(Cl)c(-c4ccc(N5CCC[C@H]5CO)cc4)cc32)on1. The molecule has 5 rings (SSSR count). The Balaban J connectivity index is 1.53. The molecule has 0 unspecified atom stereocenters. The molecule has 3 heterocycles. The van der Waals surface area contributed by atoms with Crippen LogP contribution in [0.1, 0.15) is 24.2 Å². The van der Waals surface area contributed by atoms with Gasteiger partial charge in [0, 0.05) is 23.4 Å². The molecule has 0 radical (unpaired) electrons. The molecule has 3 aromatic rings. The summed E-state index contributed by atoms with van der Waals surface area (Å²) in [6, 6.07) is 12.9. The van der Waals surface area contributed by atoms with Gasteiger partial charge >= 0.3 is 0 Å². The predicted octanol–water partition coefficient (Wildman–Crippen LogP) is 4.34. The van der Waals surface area contributed by atoms with E-state index in [2.05, 4.69) is 15.4 Å². The van der Waals surface area contributed by atoms with Gasteiger partial charge in [-0.15, -0.1) is 0 Å². The van der Waals surface area contributed by atoms with Crippen molar-refractivity contribution in [3.8, 4) is 17.0 Å². The van der Waals surface area contributed by atoms with E-state index in [1.165, 1.54) is 13.2 Å². The molecule has 1 aromatic heterocycles. The van der Waals surface area contributed by atoms with Crippen LogP contribution in [0.5, 0.6) is 5.88 Å². The lowest BCUT2D eigenvalue weighted by molar-refractivity contribution is -0.110. The molecule has 1 saturated heterocycles. The highest BCUT2D eigenvalue weighted by Gasteiger charge is 2.31. The molecule has 2 aliphatic heterocycles. The zero-order chi connectivity index (χ0) is 23.1. The minimum absolute atomic E-state index is 0.0229. The van der Waals surface area contributed by atoms with Crippen molar-refractivity contribution in [2.45, 2.75) is 18.9 Å². The first kappa shape index (κ1) is 21.4. The number of hydrogen-bond acceptors (Lipinski definition) is 7. The first-order valence-corrected chi connectivity index (χ1v) is 11.0. The molecule has 0 aliphatic carbocycles. The average molecular weight is 468 g/mol. The number of rotatable bonds is 5. The van der Waals surface area contributed by atoms with E-state index in [-0.39, 0.29) is 35.6 Å². The van der Waals surface area contributed by atoms with Crippen molar-refractivity contribution < 1.29 is 24.3 Å². The second kappa shape index (κ2) is 8.46. The van der Waals surface area contributed by atoms with E-state index >= 15 is 0 Å². The Bertz CT molecular complexity index is 1250. The van der Waals surface area contributed by atoms with Gasteiger partial charge in [0.15, 0.2) is 5.76 Å². The standard InChI is InChI=1S/C24H22ClN3O5/c1-32-21-11-20(33-27-21)23(30)22-17-9-16(18(25)10-19(17)26-24(22)31)13-4-6-14(7-5-13)28-8-2-3-15(28)12-29/h4-7,9-11,15,29-30H,2-3,8,12H2,1H3,(H,26,31)/t15-/m0/s1. The number of aliphatic hydroxyl groups excluding tert-OH is 2. The lowest BCUT2D eigenvalue weighted by Gasteiger charge is -2.25. The number of aliphatic hydroxyl groups is 2. The molecule has 2 aromatic carbocycles. The van der Waals surface area contributed by atoms with Crippen LogP contribution in [0.4, 0.5) is 11.4 Å². The smallest absolute Gasteiger partial charge is 0.260 e. The van der Waals surface area contributed by atoms with Crippen LogP contribution in [0.2, 0.25) is 5.02 Å². The number of anilines is 2. The maximum absolute atomic E-state index is 12.6. The second-order valence-corrected chi connectivity index (χ2v) is 8.41. The third-order valence-electron chi connectivity index (χ3n) is 6.12. The number of carbonyl (C=O) groups excluding carboxylic acids is 1. The van der Waals surface area contributed by atoms with Gasteiger partial charge in [0.25, 0.3) is 11.8 Å². The topological polar surface area (TPSA) is 108 Å². The van der Waals surface area contributed by atoms with Crippen LogP contribution in [0, 0.1) is 0 Å². The highest BCUT2D eigenvalue weighted by Crippen LogP contribution is 2.42. The number of benzene rings is 2. The molecule has 2 aliphatic rings. The monoisotopic (exact) mass is 467 g/mol. The fourth-order valence-electron chi connectivity index (χ4n) is 4.43. The summed E-state index contributed by atoms with van der Waals surface area (Å²) < 4.78 is 10.1. The number of methoxy groups -OCH3 is 1. The van der Waals surface area contributed by atoms with Crippen molar-refractivity contribution in [3.05, 3.63) is 58.8 Å². The molecule has 9 heteroatoms. The summed E-state index contributed by atoms with van der Waals surface area (Å²) in [5.41, 5.74) is 3.71. The lowest BCUT2D eigenvalue weighted by atomic mass is 9.98. The molecule has 0 bridgehead atoms. The van der Waals surface area contributed by atoms with Crippen molar-refractivity contribution in [2.75, 3.05) is 30.5 Å². The zero-order valence-electron chi connectivity index (χ0n) is 17.8. The van der Waals surface area contributed by atoms with E-state index < -0.39 is 5.91 Å². The third-order valence-corrected chi connectivity index (χ3v) is 6.43. The number of amides is 1. The van der Waals surface area contributed by atoms with Gasteiger partial charge in [0.05, 0.1) is 42.1 Å².